The summed E-state index contributed by atoms with van der Waals surface area (Å²) in [5.41, 5.74) is 0.528. The molecular formula is C14H11ClN2OS. The molecule has 0 spiro atoms. The number of benzene rings is 1. The van der Waals surface area contributed by atoms with Crippen molar-refractivity contribution in [3.8, 4) is 6.07 Å². The molecule has 1 aromatic carbocycles. The van der Waals surface area contributed by atoms with Crippen molar-refractivity contribution in [3.05, 3.63) is 51.7 Å². The predicted molar refractivity (Wildman–Crippen MR) is 77.2 cm³/mol. The number of para-hydroxylation sites is 1. The molecule has 0 aliphatic rings. The van der Waals surface area contributed by atoms with Crippen LogP contribution in [0.2, 0.25) is 5.02 Å². The molecular weight excluding hydrogens is 280 g/mol. The van der Waals surface area contributed by atoms with Crippen LogP contribution in [-0.4, -0.2) is 5.91 Å². The summed E-state index contributed by atoms with van der Waals surface area (Å²) in [6.45, 7) is 0. The first-order valence-corrected chi connectivity index (χ1v) is 6.94. The van der Waals surface area contributed by atoms with E-state index in [0.29, 0.717) is 17.1 Å². The average Bonchev–Trinajstić information content (AvgIpc) is 2.91. The second-order valence-electron chi connectivity index (χ2n) is 3.93. The average molecular weight is 291 g/mol. The van der Waals surface area contributed by atoms with Crippen LogP contribution in [0.15, 0.2) is 41.8 Å². The Morgan fingerprint density at radius 3 is 2.79 bits per heavy atom. The lowest BCUT2D eigenvalue weighted by Gasteiger charge is -2.10. The molecule has 0 fully saturated rings. The fourth-order valence-electron chi connectivity index (χ4n) is 1.61. The Bertz CT molecular complexity index is 604. The zero-order valence-electron chi connectivity index (χ0n) is 9.97. The van der Waals surface area contributed by atoms with E-state index in [2.05, 4.69) is 5.32 Å². The second-order valence-corrected chi connectivity index (χ2v) is 5.37. The van der Waals surface area contributed by atoms with Crippen LogP contribution in [0, 0.1) is 17.2 Å². The van der Waals surface area contributed by atoms with Crippen molar-refractivity contribution in [3.63, 3.8) is 0 Å². The van der Waals surface area contributed by atoms with E-state index in [-0.39, 0.29) is 5.91 Å². The first-order valence-electron chi connectivity index (χ1n) is 5.68. The molecule has 2 aromatic rings. The number of nitrogens with zero attached hydrogens (tertiary/aromatic N) is 1. The van der Waals surface area contributed by atoms with Gasteiger partial charge in [0.2, 0.25) is 5.91 Å². The summed E-state index contributed by atoms with van der Waals surface area (Å²) in [5.74, 6) is -1.04. The predicted octanol–water partition coefficient (Wildman–Crippen LogP) is 3.72. The summed E-state index contributed by atoms with van der Waals surface area (Å²) in [6.07, 6.45) is 0.421. The van der Waals surface area contributed by atoms with Gasteiger partial charge >= 0.3 is 0 Å². The Morgan fingerprint density at radius 1 is 1.37 bits per heavy atom. The van der Waals surface area contributed by atoms with E-state index in [1.807, 2.05) is 23.6 Å². The van der Waals surface area contributed by atoms with Gasteiger partial charge in [-0.05, 0) is 23.6 Å². The Hall–Kier alpha value is -1.83. The van der Waals surface area contributed by atoms with E-state index in [0.717, 1.165) is 4.88 Å². The van der Waals surface area contributed by atoms with Crippen LogP contribution in [0.4, 0.5) is 5.69 Å². The molecule has 0 saturated heterocycles. The zero-order valence-corrected chi connectivity index (χ0v) is 11.5. The van der Waals surface area contributed by atoms with E-state index in [1.165, 1.54) is 11.3 Å². The van der Waals surface area contributed by atoms with Gasteiger partial charge in [0.25, 0.3) is 0 Å². The summed E-state index contributed by atoms with van der Waals surface area (Å²) < 4.78 is 0. The molecule has 0 saturated carbocycles. The summed E-state index contributed by atoms with van der Waals surface area (Å²) >= 11 is 7.50. The number of thiophene rings is 1. The normalized spacial score (nSPS) is 11.6. The topological polar surface area (TPSA) is 52.9 Å². The van der Waals surface area contributed by atoms with E-state index < -0.39 is 5.92 Å². The molecule has 0 radical (unpaired) electrons. The first-order chi connectivity index (χ1) is 9.20. The molecule has 19 heavy (non-hydrogen) atoms. The lowest BCUT2D eigenvalue weighted by Crippen LogP contribution is -2.23. The van der Waals surface area contributed by atoms with Gasteiger partial charge in [-0.25, -0.2) is 0 Å². The minimum Gasteiger partial charge on any atom is -0.324 e. The summed E-state index contributed by atoms with van der Waals surface area (Å²) in [4.78, 5) is 13.0. The summed E-state index contributed by atoms with van der Waals surface area (Å²) in [6, 6.07) is 12.8. The van der Waals surface area contributed by atoms with Gasteiger partial charge in [-0.1, -0.05) is 29.8 Å². The fraction of sp³-hybridized carbons (Fsp3) is 0.143. The van der Waals surface area contributed by atoms with Gasteiger partial charge < -0.3 is 5.32 Å². The van der Waals surface area contributed by atoms with Gasteiger partial charge in [-0.3, -0.25) is 4.79 Å². The summed E-state index contributed by atoms with van der Waals surface area (Å²) in [5, 5.41) is 14.2. The highest BCUT2D eigenvalue weighted by Gasteiger charge is 2.19. The lowest BCUT2D eigenvalue weighted by atomic mass is 10.1. The Morgan fingerprint density at radius 2 is 2.16 bits per heavy atom. The lowest BCUT2D eigenvalue weighted by molar-refractivity contribution is -0.118. The molecule has 3 nitrogen and oxygen atoms in total. The molecule has 1 heterocycles. The number of rotatable bonds is 4. The van der Waals surface area contributed by atoms with Gasteiger partial charge in [0, 0.05) is 11.3 Å². The maximum Gasteiger partial charge on any atom is 0.242 e. The molecule has 0 aliphatic heterocycles. The van der Waals surface area contributed by atoms with Crippen LogP contribution in [-0.2, 0) is 11.2 Å². The molecule has 5 heteroatoms. The number of carbonyl (C=O) groups is 1. The minimum absolute atomic E-state index is 0.330. The van der Waals surface area contributed by atoms with Crippen LogP contribution < -0.4 is 5.32 Å². The number of hydrogen-bond acceptors (Lipinski definition) is 3. The highest BCUT2D eigenvalue weighted by Crippen LogP contribution is 2.22. The Labute approximate surface area is 120 Å². The minimum atomic E-state index is -0.713. The van der Waals surface area contributed by atoms with Gasteiger partial charge in [0.1, 0.15) is 5.92 Å². The van der Waals surface area contributed by atoms with Gasteiger partial charge in [-0.2, -0.15) is 5.26 Å². The molecule has 1 atom stereocenters. The van der Waals surface area contributed by atoms with Crippen LogP contribution in [0.5, 0.6) is 0 Å². The smallest absolute Gasteiger partial charge is 0.242 e. The first kappa shape index (κ1) is 13.6. The maximum absolute atomic E-state index is 12.0. The van der Waals surface area contributed by atoms with Gasteiger partial charge in [-0.15, -0.1) is 11.3 Å². The summed E-state index contributed by atoms with van der Waals surface area (Å²) in [7, 11) is 0. The van der Waals surface area contributed by atoms with Gasteiger partial charge in [0.05, 0.1) is 16.8 Å². The Balaban J connectivity index is 2.06. The highest BCUT2D eigenvalue weighted by atomic mass is 35.5. The number of carbonyl (C=O) groups excluding carboxylic acids is 1. The van der Waals surface area contributed by atoms with E-state index in [9.17, 15) is 4.79 Å². The molecule has 2 rings (SSSR count). The van der Waals surface area contributed by atoms with Crippen LogP contribution >= 0.6 is 22.9 Å². The number of anilines is 1. The van der Waals surface area contributed by atoms with Crippen molar-refractivity contribution in [1.29, 1.82) is 5.26 Å². The molecule has 0 aliphatic carbocycles. The third-order valence-corrected chi connectivity index (χ3v) is 3.82. The van der Waals surface area contributed by atoms with Crippen molar-refractivity contribution < 1.29 is 4.79 Å². The molecule has 0 bridgehead atoms. The molecule has 1 N–H and O–H groups in total. The van der Waals surface area contributed by atoms with Crippen LogP contribution in [0.3, 0.4) is 0 Å². The number of nitriles is 1. The standard InChI is InChI=1S/C14H11ClN2OS/c15-12-5-1-2-6-13(12)17-14(18)10(9-16)8-11-4-3-7-19-11/h1-7,10H,8H2,(H,17,18)/t10-/m1/s1. The number of hydrogen-bond donors (Lipinski definition) is 1. The monoisotopic (exact) mass is 290 g/mol. The Kier molecular flexibility index (Phi) is 4.56. The zero-order chi connectivity index (χ0) is 13.7. The number of halogens is 1. The quantitative estimate of drug-likeness (QED) is 0.933. The molecule has 0 unspecified atom stereocenters. The second kappa shape index (κ2) is 6.37. The largest absolute Gasteiger partial charge is 0.324 e. The van der Waals surface area contributed by atoms with Crippen LogP contribution in [0.25, 0.3) is 0 Å². The van der Waals surface area contributed by atoms with E-state index >= 15 is 0 Å². The van der Waals surface area contributed by atoms with Crippen molar-refractivity contribution >= 4 is 34.5 Å². The SMILES string of the molecule is N#C[C@@H](Cc1cccs1)C(=O)Nc1ccccc1Cl. The van der Waals surface area contributed by atoms with E-state index in [1.54, 1.807) is 24.3 Å². The highest BCUT2D eigenvalue weighted by molar-refractivity contribution is 7.09. The van der Waals surface area contributed by atoms with Crippen molar-refractivity contribution in [1.82, 2.24) is 0 Å². The van der Waals surface area contributed by atoms with Gasteiger partial charge in [0.15, 0.2) is 0 Å². The molecule has 1 aromatic heterocycles. The van der Waals surface area contributed by atoms with Crippen molar-refractivity contribution in [2.45, 2.75) is 6.42 Å². The van der Waals surface area contributed by atoms with Crippen LogP contribution in [0.1, 0.15) is 4.88 Å². The third kappa shape index (κ3) is 3.57. The molecule has 96 valence electrons. The van der Waals surface area contributed by atoms with E-state index in [4.69, 9.17) is 16.9 Å². The van der Waals surface area contributed by atoms with Crippen molar-refractivity contribution in [2.75, 3.05) is 5.32 Å². The molecule has 1 amide bonds. The maximum atomic E-state index is 12.0. The van der Waals surface area contributed by atoms with Crippen molar-refractivity contribution in [2.24, 2.45) is 5.92 Å². The number of amides is 1. The number of nitrogens with one attached hydrogen (secondary N) is 1. The fourth-order valence-corrected chi connectivity index (χ4v) is 2.54. The third-order valence-electron chi connectivity index (χ3n) is 2.59.